The minimum atomic E-state index is -0.00937. The lowest BCUT2D eigenvalue weighted by Gasteiger charge is -2.14. The fraction of sp³-hybridized carbons (Fsp3) is 0.294. The molecule has 0 amide bonds. The van der Waals surface area contributed by atoms with E-state index in [1.807, 2.05) is 19.1 Å². The van der Waals surface area contributed by atoms with E-state index in [4.69, 9.17) is 17.3 Å². The molecule has 0 saturated carbocycles. The number of rotatable bonds is 4. The fourth-order valence-corrected chi connectivity index (χ4v) is 2.56. The Hall–Kier alpha value is -1.31. The van der Waals surface area contributed by atoms with E-state index in [0.717, 1.165) is 29.0 Å². The second kappa shape index (κ2) is 6.23. The zero-order valence-corrected chi connectivity index (χ0v) is 12.2. The minimum absolute atomic E-state index is 0.00937. The van der Waals surface area contributed by atoms with E-state index in [0.29, 0.717) is 0 Å². The Kier molecular flexibility index (Phi) is 4.62. The van der Waals surface area contributed by atoms with Gasteiger partial charge in [0.15, 0.2) is 0 Å². The molecule has 0 bridgehead atoms. The summed E-state index contributed by atoms with van der Waals surface area (Å²) in [5, 5.41) is 0.756. The smallest absolute Gasteiger partial charge is 0.0411 e. The summed E-state index contributed by atoms with van der Waals surface area (Å²) in [4.78, 5) is 0. The predicted molar refractivity (Wildman–Crippen MR) is 82.6 cm³/mol. The van der Waals surface area contributed by atoms with Gasteiger partial charge in [-0.2, -0.15) is 0 Å². The number of halogens is 1. The molecule has 2 aromatic rings. The molecule has 2 aromatic carbocycles. The van der Waals surface area contributed by atoms with E-state index in [2.05, 4.69) is 37.3 Å². The molecule has 0 radical (unpaired) electrons. The maximum atomic E-state index is 6.28. The second-order valence-corrected chi connectivity index (χ2v) is 5.48. The molecule has 0 aliphatic rings. The van der Waals surface area contributed by atoms with Crippen LogP contribution in [0.3, 0.4) is 0 Å². The van der Waals surface area contributed by atoms with Crippen molar-refractivity contribution in [3.8, 4) is 0 Å². The van der Waals surface area contributed by atoms with Gasteiger partial charge in [-0.3, -0.25) is 0 Å². The van der Waals surface area contributed by atoms with E-state index >= 15 is 0 Å². The second-order valence-electron chi connectivity index (χ2n) is 5.04. The lowest BCUT2D eigenvalue weighted by molar-refractivity contribution is 0.721. The molecule has 2 N–H and O–H groups in total. The Morgan fingerprint density at radius 1 is 1.05 bits per heavy atom. The van der Waals surface area contributed by atoms with Crippen LogP contribution in [-0.2, 0) is 12.8 Å². The Balaban J connectivity index is 2.13. The molecule has 0 aliphatic heterocycles. The third-order valence-electron chi connectivity index (χ3n) is 3.38. The molecule has 1 unspecified atom stereocenters. The zero-order chi connectivity index (χ0) is 13.8. The molecule has 2 rings (SSSR count). The quantitative estimate of drug-likeness (QED) is 0.875. The van der Waals surface area contributed by atoms with Gasteiger partial charge in [0.25, 0.3) is 0 Å². The molecule has 0 fully saturated rings. The van der Waals surface area contributed by atoms with Gasteiger partial charge in [-0.1, -0.05) is 48.9 Å². The molecular formula is C17H20ClN. The standard InChI is InChI=1S/C17H20ClN/c1-3-13-4-6-14(7-5-13)10-17(19)15-8-12(2)9-16(18)11-15/h4-9,11,17H,3,10,19H2,1-2H3. The van der Waals surface area contributed by atoms with Crippen LogP contribution in [0.1, 0.15) is 35.2 Å². The molecule has 0 saturated heterocycles. The summed E-state index contributed by atoms with van der Waals surface area (Å²) in [5.74, 6) is 0. The van der Waals surface area contributed by atoms with Crippen LogP contribution in [-0.4, -0.2) is 0 Å². The molecule has 0 spiro atoms. The van der Waals surface area contributed by atoms with Crippen LogP contribution in [0.15, 0.2) is 42.5 Å². The van der Waals surface area contributed by atoms with E-state index in [-0.39, 0.29) is 6.04 Å². The van der Waals surface area contributed by atoms with Crippen LogP contribution >= 0.6 is 11.6 Å². The van der Waals surface area contributed by atoms with Crippen molar-refractivity contribution in [1.29, 1.82) is 0 Å². The number of hydrogen-bond donors (Lipinski definition) is 1. The first-order valence-electron chi connectivity index (χ1n) is 6.69. The van der Waals surface area contributed by atoms with E-state index < -0.39 is 0 Å². The Labute approximate surface area is 120 Å². The molecule has 100 valence electrons. The lowest BCUT2D eigenvalue weighted by atomic mass is 9.97. The maximum Gasteiger partial charge on any atom is 0.0411 e. The summed E-state index contributed by atoms with van der Waals surface area (Å²) in [6, 6.07) is 14.7. The highest BCUT2D eigenvalue weighted by molar-refractivity contribution is 6.30. The van der Waals surface area contributed by atoms with Crippen molar-refractivity contribution in [3.63, 3.8) is 0 Å². The van der Waals surface area contributed by atoms with Crippen molar-refractivity contribution in [2.45, 2.75) is 32.7 Å². The number of nitrogens with two attached hydrogens (primary N) is 1. The number of benzene rings is 2. The van der Waals surface area contributed by atoms with Gasteiger partial charge < -0.3 is 5.73 Å². The molecular weight excluding hydrogens is 254 g/mol. The van der Waals surface area contributed by atoms with Crippen molar-refractivity contribution in [2.24, 2.45) is 5.73 Å². The van der Waals surface area contributed by atoms with Crippen molar-refractivity contribution in [3.05, 3.63) is 69.7 Å². The van der Waals surface area contributed by atoms with Gasteiger partial charge in [-0.25, -0.2) is 0 Å². The summed E-state index contributed by atoms with van der Waals surface area (Å²) in [7, 11) is 0. The first-order valence-corrected chi connectivity index (χ1v) is 7.06. The van der Waals surface area contributed by atoms with Crippen LogP contribution in [0.2, 0.25) is 5.02 Å². The molecule has 0 heterocycles. The Morgan fingerprint density at radius 3 is 2.26 bits per heavy atom. The summed E-state index contributed by atoms with van der Waals surface area (Å²) in [6.07, 6.45) is 1.91. The van der Waals surface area contributed by atoms with Crippen molar-refractivity contribution in [1.82, 2.24) is 0 Å². The highest BCUT2D eigenvalue weighted by atomic mass is 35.5. The van der Waals surface area contributed by atoms with Gasteiger partial charge in [-0.05, 0) is 54.2 Å². The van der Waals surface area contributed by atoms with Gasteiger partial charge >= 0.3 is 0 Å². The van der Waals surface area contributed by atoms with Gasteiger partial charge in [0, 0.05) is 11.1 Å². The predicted octanol–water partition coefficient (Wildman–Crippen LogP) is 4.45. The number of aryl methyl sites for hydroxylation is 2. The highest BCUT2D eigenvalue weighted by Gasteiger charge is 2.08. The monoisotopic (exact) mass is 273 g/mol. The molecule has 0 aromatic heterocycles. The summed E-state index contributed by atoms with van der Waals surface area (Å²) >= 11 is 6.08. The van der Waals surface area contributed by atoms with E-state index in [9.17, 15) is 0 Å². The van der Waals surface area contributed by atoms with Gasteiger partial charge in [-0.15, -0.1) is 0 Å². The van der Waals surface area contributed by atoms with Crippen molar-refractivity contribution >= 4 is 11.6 Å². The van der Waals surface area contributed by atoms with Crippen LogP contribution in [0, 0.1) is 6.92 Å². The lowest BCUT2D eigenvalue weighted by Crippen LogP contribution is -2.13. The molecule has 2 heteroatoms. The number of hydrogen-bond acceptors (Lipinski definition) is 1. The first-order chi connectivity index (χ1) is 9.08. The average Bonchev–Trinajstić information content (AvgIpc) is 2.38. The SMILES string of the molecule is CCc1ccc(CC(N)c2cc(C)cc(Cl)c2)cc1. The third kappa shape index (κ3) is 3.82. The Morgan fingerprint density at radius 2 is 1.68 bits per heavy atom. The van der Waals surface area contributed by atoms with Crippen LogP contribution in [0.25, 0.3) is 0 Å². The first kappa shape index (κ1) is 14.1. The van der Waals surface area contributed by atoms with E-state index in [1.165, 1.54) is 11.1 Å². The summed E-state index contributed by atoms with van der Waals surface area (Å²) in [6.45, 7) is 4.20. The van der Waals surface area contributed by atoms with Crippen molar-refractivity contribution in [2.75, 3.05) is 0 Å². The molecule has 1 nitrogen and oxygen atoms in total. The highest BCUT2D eigenvalue weighted by Crippen LogP contribution is 2.22. The minimum Gasteiger partial charge on any atom is -0.324 e. The van der Waals surface area contributed by atoms with Gasteiger partial charge in [0.2, 0.25) is 0 Å². The normalized spacial score (nSPS) is 12.4. The largest absolute Gasteiger partial charge is 0.324 e. The third-order valence-corrected chi connectivity index (χ3v) is 3.60. The zero-order valence-electron chi connectivity index (χ0n) is 11.5. The molecule has 1 atom stereocenters. The van der Waals surface area contributed by atoms with Crippen LogP contribution in [0.5, 0.6) is 0 Å². The van der Waals surface area contributed by atoms with Gasteiger partial charge in [0.1, 0.15) is 0 Å². The molecule has 0 aliphatic carbocycles. The summed E-state index contributed by atoms with van der Waals surface area (Å²) < 4.78 is 0. The maximum absolute atomic E-state index is 6.28. The van der Waals surface area contributed by atoms with Crippen molar-refractivity contribution < 1.29 is 0 Å². The summed E-state index contributed by atoms with van der Waals surface area (Å²) in [5.41, 5.74) is 11.2. The Bertz CT molecular complexity index is 525. The average molecular weight is 274 g/mol. The fourth-order valence-electron chi connectivity index (χ4n) is 2.26. The molecule has 19 heavy (non-hydrogen) atoms. The van der Waals surface area contributed by atoms with Gasteiger partial charge in [0.05, 0.1) is 0 Å². The van der Waals surface area contributed by atoms with Crippen LogP contribution in [0.4, 0.5) is 0 Å². The topological polar surface area (TPSA) is 26.0 Å². The van der Waals surface area contributed by atoms with E-state index in [1.54, 1.807) is 0 Å². The van der Waals surface area contributed by atoms with Crippen LogP contribution < -0.4 is 5.73 Å².